The minimum atomic E-state index is 0. The third-order valence-electron chi connectivity index (χ3n) is 1.91. The first-order valence-electron chi connectivity index (χ1n) is 3.12. The van der Waals surface area contributed by atoms with Gasteiger partial charge in [0.25, 0.3) is 0 Å². The molecule has 0 fully saturated rings. The van der Waals surface area contributed by atoms with Crippen LogP contribution in [0.15, 0.2) is 0 Å². The quantitative estimate of drug-likeness (QED) is 0.586. The maximum Gasteiger partial charge on any atom is 4.00 e. The van der Waals surface area contributed by atoms with Crippen molar-refractivity contribution in [2.24, 2.45) is 5.41 Å². The molecule has 0 amide bonds. The molecule has 0 aromatic carbocycles. The Morgan fingerprint density at radius 3 is 1.10 bits per heavy atom. The molecule has 3 heteroatoms. The SMILES string of the molecule is CCC(C)(C)CC.[O-2].[O-2].[Ti+4]. The summed E-state index contributed by atoms with van der Waals surface area (Å²) >= 11 is 0. The summed E-state index contributed by atoms with van der Waals surface area (Å²) in [4.78, 5) is 0. The Morgan fingerprint density at radius 2 is 1.10 bits per heavy atom. The van der Waals surface area contributed by atoms with Crippen LogP contribution in [0.5, 0.6) is 0 Å². The van der Waals surface area contributed by atoms with Gasteiger partial charge in [0, 0.05) is 0 Å². The van der Waals surface area contributed by atoms with Gasteiger partial charge in [-0.05, 0) is 5.41 Å². The summed E-state index contributed by atoms with van der Waals surface area (Å²) in [7, 11) is 0. The van der Waals surface area contributed by atoms with Crippen molar-refractivity contribution < 1.29 is 32.7 Å². The molecule has 0 rings (SSSR count). The second-order valence-corrected chi connectivity index (χ2v) is 2.87. The predicted molar refractivity (Wildman–Crippen MR) is 35.7 cm³/mol. The van der Waals surface area contributed by atoms with Crippen LogP contribution in [0.2, 0.25) is 0 Å². The maximum absolute atomic E-state index is 2.30. The van der Waals surface area contributed by atoms with Gasteiger partial charge in [0.1, 0.15) is 0 Å². The summed E-state index contributed by atoms with van der Waals surface area (Å²) in [6.45, 7) is 9.08. The molecule has 0 aliphatic heterocycles. The number of rotatable bonds is 2. The molecule has 0 aromatic rings. The zero-order chi connectivity index (χ0) is 5.91. The van der Waals surface area contributed by atoms with E-state index >= 15 is 0 Å². The Hall–Kier alpha value is 0.634. The zero-order valence-electron chi connectivity index (χ0n) is 7.23. The van der Waals surface area contributed by atoms with Gasteiger partial charge in [-0.2, -0.15) is 0 Å². The fourth-order valence-electron chi connectivity index (χ4n) is 0.250. The largest absolute Gasteiger partial charge is 4.00 e. The van der Waals surface area contributed by atoms with Crippen molar-refractivity contribution in [2.45, 2.75) is 40.5 Å². The molecule has 0 radical (unpaired) electrons. The van der Waals surface area contributed by atoms with E-state index in [1.54, 1.807) is 0 Å². The van der Waals surface area contributed by atoms with Crippen molar-refractivity contribution in [1.82, 2.24) is 0 Å². The van der Waals surface area contributed by atoms with Gasteiger partial charge in [0.2, 0.25) is 0 Å². The van der Waals surface area contributed by atoms with Crippen molar-refractivity contribution in [2.75, 3.05) is 0 Å². The van der Waals surface area contributed by atoms with Crippen LogP contribution in [0, 0.1) is 5.41 Å². The second-order valence-electron chi connectivity index (χ2n) is 2.87. The zero-order valence-corrected chi connectivity index (χ0v) is 8.79. The minimum absolute atomic E-state index is 0. The monoisotopic (exact) mass is 180 g/mol. The van der Waals surface area contributed by atoms with E-state index in [0.717, 1.165) is 0 Å². The Labute approximate surface area is 78.9 Å². The van der Waals surface area contributed by atoms with Crippen molar-refractivity contribution in [3.8, 4) is 0 Å². The smallest absolute Gasteiger partial charge is 2.00 e. The van der Waals surface area contributed by atoms with Crippen molar-refractivity contribution in [3.63, 3.8) is 0 Å². The van der Waals surface area contributed by atoms with Crippen molar-refractivity contribution in [3.05, 3.63) is 0 Å². The molecule has 0 spiro atoms. The van der Waals surface area contributed by atoms with Gasteiger partial charge in [-0.15, -0.1) is 0 Å². The van der Waals surface area contributed by atoms with E-state index in [4.69, 9.17) is 0 Å². The fraction of sp³-hybridized carbons (Fsp3) is 1.00. The van der Waals surface area contributed by atoms with E-state index < -0.39 is 0 Å². The summed E-state index contributed by atoms with van der Waals surface area (Å²) in [5.74, 6) is 0. The molecule has 2 nitrogen and oxygen atoms in total. The molecule has 0 saturated carbocycles. The molecule has 0 atom stereocenters. The molecule has 60 valence electrons. The van der Waals surface area contributed by atoms with E-state index in [2.05, 4.69) is 27.7 Å². The normalized spacial score (nSPS) is 8.40. The first kappa shape index (κ1) is 22.4. The number of hydrogen-bond donors (Lipinski definition) is 0. The molecule has 0 heterocycles. The molecule has 0 saturated heterocycles. The Morgan fingerprint density at radius 1 is 0.900 bits per heavy atom. The van der Waals surface area contributed by atoms with Crippen LogP contribution in [-0.2, 0) is 32.7 Å². The Kier molecular flexibility index (Phi) is 21.6. The molecule has 10 heavy (non-hydrogen) atoms. The van der Waals surface area contributed by atoms with Crippen molar-refractivity contribution in [1.29, 1.82) is 0 Å². The summed E-state index contributed by atoms with van der Waals surface area (Å²) in [5, 5.41) is 0. The van der Waals surface area contributed by atoms with E-state index in [1.165, 1.54) is 12.8 Å². The molecule has 0 N–H and O–H groups in total. The maximum atomic E-state index is 2.30. The van der Waals surface area contributed by atoms with Crippen LogP contribution < -0.4 is 0 Å². The van der Waals surface area contributed by atoms with Crippen LogP contribution in [0.3, 0.4) is 0 Å². The molecular formula is C7H16O2Ti. The van der Waals surface area contributed by atoms with E-state index in [9.17, 15) is 0 Å². The first-order valence-corrected chi connectivity index (χ1v) is 3.12. The molecule has 0 aliphatic carbocycles. The Bertz CT molecular complexity index is 49.6. The third-order valence-corrected chi connectivity index (χ3v) is 1.91. The number of hydrogen-bond acceptors (Lipinski definition) is 0. The average molecular weight is 180 g/mol. The predicted octanol–water partition coefficient (Wildman–Crippen LogP) is 2.59. The van der Waals surface area contributed by atoms with Crippen LogP contribution in [-0.4, -0.2) is 0 Å². The fourth-order valence-corrected chi connectivity index (χ4v) is 0.250. The molecule has 0 bridgehead atoms. The minimum Gasteiger partial charge on any atom is -2.00 e. The average Bonchev–Trinajstić information content (AvgIpc) is 1.68. The Balaban J connectivity index is -0.0000000600. The summed E-state index contributed by atoms with van der Waals surface area (Å²) in [6.07, 6.45) is 2.59. The van der Waals surface area contributed by atoms with Crippen LogP contribution in [0.4, 0.5) is 0 Å². The summed E-state index contributed by atoms with van der Waals surface area (Å²) in [5.41, 5.74) is 0.583. The molecule has 0 aromatic heterocycles. The van der Waals surface area contributed by atoms with Gasteiger partial charge in [-0.1, -0.05) is 40.5 Å². The third kappa shape index (κ3) is 11.4. The molecule has 0 unspecified atom stereocenters. The van der Waals surface area contributed by atoms with Gasteiger partial charge in [-0.25, -0.2) is 0 Å². The molecular weight excluding hydrogens is 164 g/mol. The van der Waals surface area contributed by atoms with Crippen molar-refractivity contribution >= 4 is 0 Å². The van der Waals surface area contributed by atoms with E-state index in [-0.39, 0.29) is 32.7 Å². The van der Waals surface area contributed by atoms with Gasteiger partial charge in [0.05, 0.1) is 0 Å². The van der Waals surface area contributed by atoms with Crippen LogP contribution in [0.1, 0.15) is 40.5 Å². The van der Waals surface area contributed by atoms with Crippen LogP contribution in [0.25, 0.3) is 0 Å². The van der Waals surface area contributed by atoms with Gasteiger partial charge >= 0.3 is 21.7 Å². The first-order chi connectivity index (χ1) is 3.12. The van der Waals surface area contributed by atoms with E-state index in [1.807, 2.05) is 0 Å². The van der Waals surface area contributed by atoms with Gasteiger partial charge in [0.15, 0.2) is 0 Å². The van der Waals surface area contributed by atoms with Gasteiger partial charge < -0.3 is 11.0 Å². The second kappa shape index (κ2) is 9.63. The summed E-state index contributed by atoms with van der Waals surface area (Å²) < 4.78 is 0. The summed E-state index contributed by atoms with van der Waals surface area (Å²) in [6, 6.07) is 0. The van der Waals surface area contributed by atoms with Crippen LogP contribution >= 0.6 is 0 Å². The molecule has 0 aliphatic rings. The standard InChI is InChI=1S/C7H16.2O.Ti/c1-5-7(3,4)6-2;;;/h5-6H2,1-4H3;;;/q;2*-2;+4. The van der Waals surface area contributed by atoms with E-state index in [0.29, 0.717) is 5.41 Å². The van der Waals surface area contributed by atoms with Gasteiger partial charge in [-0.3, -0.25) is 0 Å². The topological polar surface area (TPSA) is 57.0 Å².